The van der Waals surface area contributed by atoms with Crippen molar-refractivity contribution in [2.45, 2.75) is 25.8 Å². The smallest absolute Gasteiger partial charge is 0.319 e. The van der Waals surface area contributed by atoms with Crippen molar-refractivity contribution < 1.29 is 9.72 Å². The van der Waals surface area contributed by atoms with E-state index in [0.717, 1.165) is 22.7 Å². The molecule has 0 spiro atoms. The summed E-state index contributed by atoms with van der Waals surface area (Å²) in [6.45, 7) is 2.03. The van der Waals surface area contributed by atoms with Gasteiger partial charge in [0.2, 0.25) is 0 Å². The van der Waals surface area contributed by atoms with Crippen molar-refractivity contribution in [3.05, 3.63) is 86.4 Å². The number of carbonyl (C=O) groups excluding carboxylic acids is 1. The molecule has 0 aliphatic carbocycles. The maximum atomic E-state index is 12.5. The molecule has 0 bridgehead atoms. The zero-order valence-electron chi connectivity index (χ0n) is 15.3. The van der Waals surface area contributed by atoms with Gasteiger partial charge in [0.05, 0.1) is 16.7 Å². The molecule has 0 saturated heterocycles. The van der Waals surface area contributed by atoms with Crippen molar-refractivity contribution in [2.75, 3.05) is 5.32 Å². The number of urea groups is 1. The first-order valence-electron chi connectivity index (χ1n) is 8.85. The van der Waals surface area contributed by atoms with Gasteiger partial charge in [-0.2, -0.15) is 0 Å². The first kappa shape index (κ1) is 19.5. The number of non-ortho nitro benzene ring substituents is 1. The Balaban J connectivity index is 1.76. The van der Waals surface area contributed by atoms with Crippen molar-refractivity contribution in [3.63, 3.8) is 0 Å². The maximum Gasteiger partial charge on any atom is 0.319 e. The van der Waals surface area contributed by atoms with Crippen LogP contribution in [0.4, 0.5) is 16.2 Å². The standard InChI is InChI=1S/C20H20N4O3S/c1-2-15-13-28-19(21-15)18(12-14-8-10-17(11-9-14)24(26)27)23-20(25)22-16-6-4-3-5-7-16/h3-11,13,18H,2,12H2,1H3,(H2,22,23,25)/t18-/m0/s1. The zero-order valence-corrected chi connectivity index (χ0v) is 16.1. The largest absolute Gasteiger partial charge is 0.328 e. The Morgan fingerprint density at radius 1 is 1.18 bits per heavy atom. The van der Waals surface area contributed by atoms with Crippen LogP contribution >= 0.6 is 11.3 Å². The summed E-state index contributed by atoms with van der Waals surface area (Å²) in [7, 11) is 0. The fourth-order valence-corrected chi connectivity index (χ4v) is 3.63. The number of carbonyl (C=O) groups is 1. The summed E-state index contributed by atoms with van der Waals surface area (Å²) in [6.07, 6.45) is 1.30. The summed E-state index contributed by atoms with van der Waals surface area (Å²) >= 11 is 1.50. The van der Waals surface area contributed by atoms with E-state index >= 15 is 0 Å². The molecular weight excluding hydrogens is 376 g/mol. The molecule has 8 heteroatoms. The van der Waals surface area contributed by atoms with Crippen LogP contribution in [-0.2, 0) is 12.8 Å². The predicted octanol–water partition coefficient (Wildman–Crippen LogP) is 4.72. The lowest BCUT2D eigenvalue weighted by atomic mass is 10.1. The summed E-state index contributed by atoms with van der Waals surface area (Å²) in [4.78, 5) is 27.5. The Bertz CT molecular complexity index is 942. The second-order valence-corrected chi connectivity index (χ2v) is 7.07. The third-order valence-electron chi connectivity index (χ3n) is 4.15. The molecule has 0 aliphatic rings. The number of aromatic nitrogens is 1. The van der Waals surface area contributed by atoms with Gasteiger partial charge in [0.1, 0.15) is 5.01 Å². The van der Waals surface area contributed by atoms with Gasteiger partial charge >= 0.3 is 6.03 Å². The van der Waals surface area contributed by atoms with Crippen molar-refractivity contribution in [2.24, 2.45) is 0 Å². The Labute approximate surface area is 166 Å². The third kappa shape index (κ3) is 5.14. The first-order chi connectivity index (χ1) is 13.5. The molecule has 2 N–H and O–H groups in total. The van der Waals surface area contributed by atoms with E-state index in [4.69, 9.17) is 0 Å². The molecule has 1 heterocycles. The van der Waals surface area contributed by atoms with Crippen LogP contribution in [0, 0.1) is 10.1 Å². The molecule has 2 amide bonds. The van der Waals surface area contributed by atoms with E-state index in [0.29, 0.717) is 12.1 Å². The van der Waals surface area contributed by atoms with Gasteiger partial charge in [-0.1, -0.05) is 37.3 Å². The van der Waals surface area contributed by atoms with Crippen LogP contribution < -0.4 is 10.6 Å². The highest BCUT2D eigenvalue weighted by molar-refractivity contribution is 7.09. The molecule has 0 saturated carbocycles. The van der Waals surface area contributed by atoms with Crippen LogP contribution in [0.1, 0.15) is 29.2 Å². The van der Waals surface area contributed by atoms with Gasteiger partial charge in [0, 0.05) is 23.2 Å². The van der Waals surface area contributed by atoms with E-state index in [1.807, 2.05) is 42.6 Å². The second-order valence-electron chi connectivity index (χ2n) is 6.18. The second kappa shape index (κ2) is 9.09. The van der Waals surface area contributed by atoms with Crippen LogP contribution in [0.3, 0.4) is 0 Å². The van der Waals surface area contributed by atoms with E-state index < -0.39 is 4.92 Å². The highest BCUT2D eigenvalue weighted by Crippen LogP contribution is 2.24. The number of amides is 2. The van der Waals surface area contributed by atoms with Crippen LogP contribution in [0.25, 0.3) is 0 Å². The summed E-state index contributed by atoms with van der Waals surface area (Å²) in [6, 6.07) is 14.9. The molecule has 0 aliphatic heterocycles. The molecule has 2 aromatic carbocycles. The number of hydrogen-bond donors (Lipinski definition) is 2. The molecule has 28 heavy (non-hydrogen) atoms. The minimum absolute atomic E-state index is 0.0394. The number of anilines is 1. The van der Waals surface area contributed by atoms with Crippen molar-refractivity contribution in [1.29, 1.82) is 0 Å². The average molecular weight is 396 g/mol. The molecule has 3 rings (SSSR count). The van der Waals surface area contributed by atoms with Gasteiger partial charge in [0.25, 0.3) is 5.69 Å². The van der Waals surface area contributed by atoms with Crippen LogP contribution in [0.5, 0.6) is 0 Å². The monoisotopic (exact) mass is 396 g/mol. The number of aryl methyl sites for hydroxylation is 1. The Hall–Kier alpha value is -3.26. The Morgan fingerprint density at radius 3 is 2.50 bits per heavy atom. The summed E-state index contributed by atoms with van der Waals surface area (Å²) in [5.41, 5.74) is 2.59. The fourth-order valence-electron chi connectivity index (χ4n) is 2.68. The van der Waals surface area contributed by atoms with E-state index in [2.05, 4.69) is 15.6 Å². The predicted molar refractivity (Wildman–Crippen MR) is 110 cm³/mol. The summed E-state index contributed by atoms with van der Waals surface area (Å²) in [5.74, 6) is 0. The first-order valence-corrected chi connectivity index (χ1v) is 9.73. The van der Waals surface area contributed by atoms with E-state index in [1.165, 1.54) is 23.5 Å². The number of benzene rings is 2. The maximum absolute atomic E-state index is 12.5. The number of nitro benzene ring substituents is 1. The molecule has 0 fully saturated rings. The van der Waals surface area contributed by atoms with Crippen LogP contribution in [0.15, 0.2) is 60.0 Å². The lowest BCUT2D eigenvalue weighted by Crippen LogP contribution is -2.33. The number of nitro groups is 1. The fraction of sp³-hybridized carbons (Fsp3) is 0.200. The summed E-state index contributed by atoms with van der Waals surface area (Å²) in [5, 5.41) is 19.4. The number of hydrogen-bond acceptors (Lipinski definition) is 5. The van der Waals surface area contributed by atoms with E-state index in [-0.39, 0.29) is 17.8 Å². The average Bonchev–Trinajstić information content (AvgIpc) is 3.18. The minimum Gasteiger partial charge on any atom is -0.328 e. The molecule has 3 aromatic rings. The van der Waals surface area contributed by atoms with E-state index in [9.17, 15) is 14.9 Å². The zero-order chi connectivity index (χ0) is 19.9. The van der Waals surface area contributed by atoms with Gasteiger partial charge in [-0.15, -0.1) is 11.3 Å². The van der Waals surface area contributed by atoms with Gasteiger partial charge in [-0.05, 0) is 30.5 Å². The number of para-hydroxylation sites is 1. The SMILES string of the molecule is CCc1csc([C@H](Cc2ccc([N+](=O)[O-])cc2)NC(=O)Nc2ccccc2)n1. The number of nitrogens with one attached hydrogen (secondary N) is 2. The minimum atomic E-state index is -0.429. The van der Waals surface area contributed by atoms with Crippen molar-refractivity contribution >= 4 is 28.7 Å². The molecule has 1 aromatic heterocycles. The molecular formula is C20H20N4O3S. The van der Waals surface area contributed by atoms with Gasteiger partial charge in [-0.3, -0.25) is 10.1 Å². The quantitative estimate of drug-likeness (QED) is 0.446. The lowest BCUT2D eigenvalue weighted by Gasteiger charge is -2.17. The van der Waals surface area contributed by atoms with Crippen LogP contribution in [0.2, 0.25) is 0 Å². The van der Waals surface area contributed by atoms with Crippen LogP contribution in [-0.4, -0.2) is 15.9 Å². The number of thiazole rings is 1. The Morgan fingerprint density at radius 2 is 1.89 bits per heavy atom. The Kier molecular flexibility index (Phi) is 6.33. The van der Waals surface area contributed by atoms with Gasteiger partial charge < -0.3 is 10.6 Å². The lowest BCUT2D eigenvalue weighted by molar-refractivity contribution is -0.384. The topological polar surface area (TPSA) is 97.2 Å². The molecule has 7 nitrogen and oxygen atoms in total. The van der Waals surface area contributed by atoms with Crippen molar-refractivity contribution in [1.82, 2.24) is 10.3 Å². The highest BCUT2D eigenvalue weighted by atomic mass is 32.1. The normalized spacial score (nSPS) is 11.6. The highest BCUT2D eigenvalue weighted by Gasteiger charge is 2.19. The van der Waals surface area contributed by atoms with Gasteiger partial charge in [-0.25, -0.2) is 9.78 Å². The van der Waals surface area contributed by atoms with Gasteiger partial charge in [0.15, 0.2) is 0 Å². The molecule has 1 atom stereocenters. The number of rotatable bonds is 7. The summed E-state index contributed by atoms with van der Waals surface area (Å²) < 4.78 is 0. The molecule has 144 valence electrons. The van der Waals surface area contributed by atoms with Crippen molar-refractivity contribution in [3.8, 4) is 0 Å². The van der Waals surface area contributed by atoms with E-state index in [1.54, 1.807) is 12.1 Å². The molecule has 0 radical (unpaired) electrons. The molecule has 0 unspecified atom stereocenters. The number of nitrogens with zero attached hydrogens (tertiary/aromatic N) is 2. The third-order valence-corrected chi connectivity index (χ3v) is 5.16.